The predicted molar refractivity (Wildman–Crippen MR) is 108 cm³/mol. The van der Waals surface area contributed by atoms with Crippen LogP contribution >= 0.6 is 0 Å². The molecule has 0 aromatic heterocycles. The number of aliphatic hydroxyl groups excluding tert-OH is 1. The second-order valence-corrected chi connectivity index (χ2v) is 9.25. The number of halogens is 2. The Hall–Kier alpha value is -1.73. The lowest BCUT2D eigenvalue weighted by molar-refractivity contribution is -0.0484. The van der Waals surface area contributed by atoms with Crippen molar-refractivity contribution in [3.8, 4) is 5.75 Å². The summed E-state index contributed by atoms with van der Waals surface area (Å²) in [5.41, 5.74) is 0.459. The summed E-state index contributed by atoms with van der Waals surface area (Å²) in [7, 11) is 1.34. The van der Waals surface area contributed by atoms with Crippen LogP contribution < -0.4 is 4.74 Å². The zero-order valence-corrected chi connectivity index (χ0v) is 17.4. The summed E-state index contributed by atoms with van der Waals surface area (Å²) in [4.78, 5) is 14.0. The highest BCUT2D eigenvalue weighted by Crippen LogP contribution is 2.40. The summed E-state index contributed by atoms with van der Waals surface area (Å²) in [6, 6.07) is 6.77. The number of hydrogen-bond donors (Lipinski definition) is 1. The van der Waals surface area contributed by atoms with Crippen LogP contribution in [0.4, 0.5) is 8.78 Å². The van der Waals surface area contributed by atoms with Crippen molar-refractivity contribution in [2.45, 2.75) is 56.7 Å². The number of esters is 1. The van der Waals surface area contributed by atoms with Gasteiger partial charge in [0, 0.05) is 32.5 Å². The van der Waals surface area contributed by atoms with Crippen molar-refractivity contribution in [3.05, 3.63) is 29.8 Å². The van der Waals surface area contributed by atoms with Gasteiger partial charge in [0.1, 0.15) is 11.9 Å². The van der Waals surface area contributed by atoms with Crippen molar-refractivity contribution in [1.29, 1.82) is 0 Å². The smallest absolute Gasteiger partial charge is 0.337 e. The summed E-state index contributed by atoms with van der Waals surface area (Å²) >= 11 is 0. The number of rotatable bonds is 5. The molecule has 1 heterocycles. The normalized spacial score (nSPS) is 31.9. The molecular weight excluding hydrogens is 392 g/mol. The third-order valence-electron chi connectivity index (χ3n) is 7.08. The minimum absolute atomic E-state index is 0.0156. The molecule has 3 aliphatic rings. The van der Waals surface area contributed by atoms with E-state index in [1.807, 2.05) is 0 Å². The SMILES string of the molecule is COC(=O)c1ccc(O[C@@H]2C[C@@H]3CN(CC4CCC(F)(F)CC4)C[C@@H]3C[C@H]2O)cc1. The minimum Gasteiger partial charge on any atom is -0.488 e. The highest BCUT2D eigenvalue weighted by atomic mass is 19.3. The third kappa shape index (κ3) is 4.94. The number of aliphatic hydroxyl groups is 1. The lowest BCUT2D eigenvalue weighted by Crippen LogP contribution is -2.42. The van der Waals surface area contributed by atoms with E-state index in [0.29, 0.717) is 48.3 Å². The lowest BCUT2D eigenvalue weighted by Gasteiger charge is -2.35. The molecule has 1 aliphatic heterocycles. The summed E-state index contributed by atoms with van der Waals surface area (Å²) in [6.07, 6.45) is 1.93. The van der Waals surface area contributed by atoms with E-state index in [1.165, 1.54) is 7.11 Å². The van der Waals surface area contributed by atoms with Crippen molar-refractivity contribution >= 4 is 5.97 Å². The van der Waals surface area contributed by atoms with Gasteiger partial charge in [-0.1, -0.05) is 0 Å². The molecule has 0 spiro atoms. The summed E-state index contributed by atoms with van der Waals surface area (Å²) in [6.45, 7) is 2.78. The first-order valence-corrected chi connectivity index (χ1v) is 11.0. The van der Waals surface area contributed by atoms with Crippen molar-refractivity contribution in [2.75, 3.05) is 26.7 Å². The molecule has 2 saturated carbocycles. The largest absolute Gasteiger partial charge is 0.488 e. The van der Waals surface area contributed by atoms with Gasteiger partial charge < -0.3 is 19.5 Å². The number of methoxy groups -OCH3 is 1. The van der Waals surface area contributed by atoms with Crippen LogP contribution in [0.25, 0.3) is 0 Å². The molecule has 1 N–H and O–H groups in total. The van der Waals surface area contributed by atoms with E-state index < -0.39 is 18.0 Å². The molecule has 166 valence electrons. The standard InChI is InChI=1S/C23H31F2NO4/c1-29-22(28)16-2-4-19(5-3-16)30-21-11-18-14-26(13-17(18)10-20(21)27)12-15-6-8-23(24,25)9-7-15/h2-5,15,17-18,20-21,27H,6-14H2,1H3/t17-,18+,20+,21+/m0/s1. The van der Waals surface area contributed by atoms with Gasteiger partial charge in [-0.05, 0) is 67.7 Å². The monoisotopic (exact) mass is 423 g/mol. The van der Waals surface area contributed by atoms with E-state index in [2.05, 4.69) is 4.90 Å². The first-order valence-electron chi connectivity index (χ1n) is 11.0. The molecule has 0 bridgehead atoms. The number of fused-ring (bicyclic) bond motifs is 1. The first kappa shape index (κ1) is 21.5. The van der Waals surface area contributed by atoms with E-state index in [0.717, 1.165) is 26.1 Å². The number of alkyl halides is 2. The van der Waals surface area contributed by atoms with Crippen LogP contribution in [0.1, 0.15) is 48.9 Å². The van der Waals surface area contributed by atoms with Gasteiger partial charge >= 0.3 is 5.97 Å². The second kappa shape index (κ2) is 8.79. The predicted octanol–water partition coefficient (Wildman–Crippen LogP) is 3.75. The average molecular weight is 424 g/mol. The molecule has 1 saturated heterocycles. The van der Waals surface area contributed by atoms with Gasteiger partial charge in [0.05, 0.1) is 18.8 Å². The van der Waals surface area contributed by atoms with E-state index in [9.17, 15) is 18.7 Å². The fourth-order valence-corrected chi connectivity index (χ4v) is 5.37. The molecule has 1 aromatic carbocycles. The highest BCUT2D eigenvalue weighted by molar-refractivity contribution is 5.89. The molecule has 0 amide bonds. The van der Waals surface area contributed by atoms with Crippen molar-refractivity contribution in [3.63, 3.8) is 0 Å². The summed E-state index contributed by atoms with van der Waals surface area (Å²) in [5, 5.41) is 10.6. The summed E-state index contributed by atoms with van der Waals surface area (Å²) in [5.74, 6) is -0.989. The van der Waals surface area contributed by atoms with Crippen molar-refractivity contribution in [2.24, 2.45) is 17.8 Å². The quantitative estimate of drug-likeness (QED) is 0.731. The van der Waals surface area contributed by atoms with Gasteiger partial charge in [0.2, 0.25) is 5.92 Å². The van der Waals surface area contributed by atoms with Gasteiger partial charge in [-0.2, -0.15) is 0 Å². The van der Waals surface area contributed by atoms with E-state index >= 15 is 0 Å². The van der Waals surface area contributed by atoms with Gasteiger partial charge in [-0.15, -0.1) is 0 Å². The highest BCUT2D eigenvalue weighted by Gasteiger charge is 2.43. The summed E-state index contributed by atoms with van der Waals surface area (Å²) < 4.78 is 37.6. The first-order chi connectivity index (χ1) is 14.3. The number of benzene rings is 1. The maximum absolute atomic E-state index is 13.4. The molecule has 1 aromatic rings. The van der Waals surface area contributed by atoms with Gasteiger partial charge in [0.25, 0.3) is 0 Å². The van der Waals surface area contributed by atoms with Gasteiger partial charge in [-0.25, -0.2) is 13.6 Å². The van der Waals surface area contributed by atoms with Gasteiger partial charge in [-0.3, -0.25) is 0 Å². The minimum atomic E-state index is -2.47. The Labute approximate surface area is 176 Å². The molecule has 0 radical (unpaired) electrons. The van der Waals surface area contributed by atoms with Crippen molar-refractivity contribution in [1.82, 2.24) is 4.90 Å². The average Bonchev–Trinajstić information content (AvgIpc) is 3.10. The molecule has 5 nitrogen and oxygen atoms in total. The Balaban J connectivity index is 1.29. The van der Waals surface area contributed by atoms with E-state index in [-0.39, 0.29) is 18.9 Å². The lowest BCUT2D eigenvalue weighted by atomic mass is 9.78. The Kier molecular flexibility index (Phi) is 6.30. The van der Waals surface area contributed by atoms with Crippen LogP contribution in [0.5, 0.6) is 5.75 Å². The number of hydrogen-bond acceptors (Lipinski definition) is 5. The topological polar surface area (TPSA) is 59.0 Å². The van der Waals surface area contributed by atoms with E-state index in [4.69, 9.17) is 9.47 Å². The fraction of sp³-hybridized carbons (Fsp3) is 0.696. The van der Waals surface area contributed by atoms with E-state index in [1.54, 1.807) is 24.3 Å². The molecule has 2 aliphatic carbocycles. The molecule has 7 heteroatoms. The number of ether oxygens (including phenoxy) is 2. The molecular formula is C23H31F2NO4. The molecule has 0 unspecified atom stereocenters. The third-order valence-corrected chi connectivity index (χ3v) is 7.08. The van der Waals surface area contributed by atoms with Crippen LogP contribution in [-0.2, 0) is 4.74 Å². The van der Waals surface area contributed by atoms with Crippen LogP contribution in [0.15, 0.2) is 24.3 Å². The maximum atomic E-state index is 13.4. The number of nitrogens with zero attached hydrogens (tertiary/aromatic N) is 1. The van der Waals surface area contributed by atoms with Crippen molar-refractivity contribution < 1.29 is 28.2 Å². The fourth-order valence-electron chi connectivity index (χ4n) is 5.37. The van der Waals surface area contributed by atoms with Crippen LogP contribution in [-0.4, -0.2) is 60.9 Å². The zero-order chi connectivity index (χ0) is 21.3. The van der Waals surface area contributed by atoms with Crippen LogP contribution in [0.3, 0.4) is 0 Å². The number of carbonyl (C=O) groups is 1. The van der Waals surface area contributed by atoms with Crippen LogP contribution in [0, 0.1) is 17.8 Å². The number of likely N-dealkylation sites (tertiary alicyclic amines) is 1. The number of carbonyl (C=O) groups excluding carboxylic acids is 1. The Morgan fingerprint density at radius 1 is 1.13 bits per heavy atom. The molecule has 4 rings (SSSR count). The maximum Gasteiger partial charge on any atom is 0.337 e. The van der Waals surface area contributed by atoms with Gasteiger partial charge in [0.15, 0.2) is 0 Å². The Morgan fingerprint density at radius 3 is 2.40 bits per heavy atom. The Morgan fingerprint density at radius 2 is 1.77 bits per heavy atom. The molecule has 3 fully saturated rings. The molecule has 30 heavy (non-hydrogen) atoms. The second-order valence-electron chi connectivity index (χ2n) is 9.25. The Bertz CT molecular complexity index is 731. The zero-order valence-electron chi connectivity index (χ0n) is 17.4. The molecule has 4 atom stereocenters. The van der Waals surface area contributed by atoms with Crippen LogP contribution in [0.2, 0.25) is 0 Å².